The quantitative estimate of drug-likeness (QED) is 0.393. The van der Waals surface area contributed by atoms with Crippen molar-refractivity contribution in [2.75, 3.05) is 64.1 Å². The summed E-state index contributed by atoms with van der Waals surface area (Å²) in [6, 6.07) is 11.6. The van der Waals surface area contributed by atoms with E-state index < -0.39 is 21.2 Å². The molecule has 3 heterocycles. The average Bonchev–Trinajstić information content (AvgIpc) is 3.24. The summed E-state index contributed by atoms with van der Waals surface area (Å²) >= 11 is 6.47. The molecule has 1 saturated heterocycles. The van der Waals surface area contributed by atoms with Crippen molar-refractivity contribution in [2.24, 2.45) is 23.7 Å². The number of allylic oxidation sites excluding steroid dienone is 1. The average molecular weight is 726 g/mol. The Balaban J connectivity index is 1.25. The molecule has 1 amide bonds. The number of morpholine rings is 1. The van der Waals surface area contributed by atoms with Gasteiger partial charge in [-0.3, -0.25) is 9.69 Å². The molecule has 272 valence electrons. The van der Waals surface area contributed by atoms with Gasteiger partial charge < -0.3 is 19.1 Å². The molecule has 50 heavy (non-hydrogen) atoms. The predicted molar refractivity (Wildman–Crippen MR) is 197 cm³/mol. The van der Waals surface area contributed by atoms with Gasteiger partial charge in [0, 0.05) is 48.7 Å². The molecule has 2 aromatic rings. The molecule has 0 aromatic heterocycles. The van der Waals surface area contributed by atoms with E-state index in [1.54, 1.807) is 13.0 Å². The Bertz CT molecular complexity index is 1700. The number of carbonyl (C=O) groups is 1. The minimum absolute atomic E-state index is 0.0400. The first kappa shape index (κ1) is 35.8. The summed E-state index contributed by atoms with van der Waals surface area (Å²) in [4.78, 5) is 18.4. The van der Waals surface area contributed by atoms with Crippen LogP contribution in [0.3, 0.4) is 0 Å². The molecule has 11 heteroatoms. The van der Waals surface area contributed by atoms with E-state index in [1.165, 1.54) is 11.1 Å². The van der Waals surface area contributed by atoms with Gasteiger partial charge in [0.1, 0.15) is 5.75 Å². The van der Waals surface area contributed by atoms with Gasteiger partial charge in [-0.05, 0) is 104 Å². The van der Waals surface area contributed by atoms with Crippen LogP contribution in [0.15, 0.2) is 48.6 Å². The lowest BCUT2D eigenvalue weighted by molar-refractivity contribution is -0.0316. The zero-order valence-electron chi connectivity index (χ0n) is 29.6. The highest BCUT2D eigenvalue weighted by molar-refractivity contribution is 7.90. The Morgan fingerprint density at radius 3 is 2.66 bits per heavy atom. The SMILES string of the molecule is C[C@@H]1[C@@H](C)S(=O)(=O)NC(=O)c2ccc3c(c2)N(C[C@@H]2CC[C@H]2[C@@H](OCCN2CCOCC2)/C=C/[C@@H]1C)C[C@@]1(CCCc2cc(Cl)ccc21)CO3. The summed E-state index contributed by atoms with van der Waals surface area (Å²) in [7, 11) is -3.95. The van der Waals surface area contributed by atoms with Crippen LogP contribution in [0.1, 0.15) is 67.9 Å². The first-order valence-corrected chi connectivity index (χ1v) is 20.4. The van der Waals surface area contributed by atoms with Gasteiger partial charge in [-0.25, -0.2) is 13.1 Å². The number of nitrogens with zero attached hydrogens (tertiary/aromatic N) is 2. The van der Waals surface area contributed by atoms with Crippen LogP contribution in [0.2, 0.25) is 5.02 Å². The fraction of sp³-hybridized carbons (Fsp3) is 0.615. The van der Waals surface area contributed by atoms with E-state index in [2.05, 4.69) is 45.7 Å². The monoisotopic (exact) mass is 725 g/mol. The Morgan fingerprint density at radius 1 is 1.06 bits per heavy atom. The lowest BCUT2D eigenvalue weighted by atomic mass is 9.68. The van der Waals surface area contributed by atoms with Crippen LogP contribution in [0, 0.1) is 23.7 Å². The molecule has 2 bridgehead atoms. The van der Waals surface area contributed by atoms with Crippen LogP contribution in [-0.2, 0) is 31.3 Å². The largest absolute Gasteiger partial charge is 0.490 e. The standard InChI is InChI=1S/C39H52ClN3O6S/c1-26-6-12-36(48-20-17-42-15-18-47-19-16-42)33-10-7-31(33)23-43-24-39(14-4-5-29-21-32(40)9-11-34(29)39)25-49-37-13-8-30(22-35(37)43)38(44)41-50(45,46)28(3)27(26)2/h6,8-9,11-13,21-22,26-28,31,33,36H,4-5,7,10,14-20,23-25H2,1-3H3,(H,41,44)/b12-6+/t26-,27-,28+,31-,33+,36-,39-/m0/s1. The van der Waals surface area contributed by atoms with Crippen molar-refractivity contribution in [1.29, 1.82) is 0 Å². The van der Waals surface area contributed by atoms with E-state index >= 15 is 0 Å². The van der Waals surface area contributed by atoms with Crippen molar-refractivity contribution in [2.45, 2.75) is 69.6 Å². The molecule has 0 unspecified atom stereocenters. The summed E-state index contributed by atoms with van der Waals surface area (Å²) in [6.45, 7) is 12.6. The van der Waals surface area contributed by atoms with Crippen LogP contribution in [-0.4, -0.2) is 89.7 Å². The third kappa shape index (κ3) is 7.33. The topological polar surface area (TPSA) is 97.4 Å². The number of hydrogen-bond acceptors (Lipinski definition) is 8. The van der Waals surface area contributed by atoms with Crippen LogP contribution in [0.4, 0.5) is 5.69 Å². The lowest BCUT2D eigenvalue weighted by Gasteiger charge is -2.46. The highest BCUT2D eigenvalue weighted by Crippen LogP contribution is 2.47. The molecule has 1 N–H and O–H groups in total. The third-order valence-electron chi connectivity index (χ3n) is 12.4. The number of hydrogen-bond donors (Lipinski definition) is 1. The number of ether oxygens (including phenoxy) is 3. The zero-order valence-corrected chi connectivity index (χ0v) is 31.2. The molecular formula is C39H52ClN3O6S. The Labute approximate surface area is 302 Å². The van der Waals surface area contributed by atoms with Crippen molar-refractivity contribution in [3.8, 4) is 5.75 Å². The highest BCUT2D eigenvalue weighted by Gasteiger charge is 2.45. The van der Waals surface area contributed by atoms with Gasteiger partial charge in [0.2, 0.25) is 10.0 Å². The fourth-order valence-corrected chi connectivity index (χ4v) is 10.3. The van der Waals surface area contributed by atoms with Crippen LogP contribution in [0.5, 0.6) is 5.75 Å². The zero-order chi connectivity index (χ0) is 35.0. The number of benzene rings is 2. The maximum atomic E-state index is 13.6. The summed E-state index contributed by atoms with van der Waals surface area (Å²) in [5.41, 5.74) is 3.45. The summed E-state index contributed by atoms with van der Waals surface area (Å²) < 4.78 is 48.5. The summed E-state index contributed by atoms with van der Waals surface area (Å²) in [6.07, 6.45) is 9.42. The van der Waals surface area contributed by atoms with Gasteiger partial charge in [-0.15, -0.1) is 0 Å². The Hall–Kier alpha value is -2.63. The third-order valence-corrected chi connectivity index (χ3v) is 14.5. The number of carbonyl (C=O) groups excluding carboxylic acids is 1. The normalized spacial score (nSPS) is 33.6. The van der Waals surface area contributed by atoms with Gasteiger partial charge in [0.25, 0.3) is 5.91 Å². The molecule has 0 radical (unpaired) electrons. The van der Waals surface area contributed by atoms with Crippen molar-refractivity contribution < 1.29 is 27.4 Å². The maximum Gasteiger partial charge on any atom is 0.264 e. The van der Waals surface area contributed by atoms with Crippen molar-refractivity contribution >= 4 is 33.2 Å². The van der Waals surface area contributed by atoms with Gasteiger partial charge in [-0.2, -0.15) is 0 Å². The van der Waals surface area contributed by atoms with E-state index in [1.807, 2.05) is 25.1 Å². The smallest absolute Gasteiger partial charge is 0.264 e. The molecule has 2 fully saturated rings. The van der Waals surface area contributed by atoms with E-state index in [0.717, 1.165) is 88.8 Å². The Kier molecular flexibility index (Phi) is 10.6. The summed E-state index contributed by atoms with van der Waals surface area (Å²) in [5, 5.41) is -0.0335. The number of rotatable bonds is 4. The van der Waals surface area contributed by atoms with Crippen LogP contribution in [0.25, 0.3) is 0 Å². The minimum Gasteiger partial charge on any atom is -0.490 e. The molecule has 7 rings (SSSR count). The molecule has 5 aliphatic rings. The predicted octanol–water partition coefficient (Wildman–Crippen LogP) is 5.85. The molecule has 9 nitrogen and oxygen atoms in total. The lowest BCUT2D eigenvalue weighted by Crippen LogP contribution is -2.50. The molecule has 7 atom stereocenters. The highest BCUT2D eigenvalue weighted by atomic mass is 35.5. The second-order valence-corrected chi connectivity index (χ2v) is 17.8. The Morgan fingerprint density at radius 2 is 1.88 bits per heavy atom. The number of aryl methyl sites for hydroxylation is 1. The number of fused-ring (bicyclic) bond motifs is 4. The van der Waals surface area contributed by atoms with E-state index in [-0.39, 0.29) is 23.4 Å². The first-order valence-electron chi connectivity index (χ1n) is 18.5. The van der Waals surface area contributed by atoms with E-state index in [0.29, 0.717) is 36.4 Å². The molecule has 3 aliphatic heterocycles. The molecule has 1 spiro atoms. The van der Waals surface area contributed by atoms with Crippen LogP contribution < -0.4 is 14.4 Å². The molecule has 2 aliphatic carbocycles. The number of amides is 1. The molecule has 1 saturated carbocycles. The van der Waals surface area contributed by atoms with E-state index in [4.69, 9.17) is 25.8 Å². The maximum absolute atomic E-state index is 13.6. The fourth-order valence-electron chi connectivity index (χ4n) is 8.71. The molecule has 2 aromatic carbocycles. The van der Waals surface area contributed by atoms with Gasteiger partial charge in [0.15, 0.2) is 0 Å². The van der Waals surface area contributed by atoms with Crippen molar-refractivity contribution in [3.63, 3.8) is 0 Å². The van der Waals surface area contributed by atoms with Crippen molar-refractivity contribution in [3.05, 3.63) is 70.3 Å². The second-order valence-electron chi connectivity index (χ2n) is 15.4. The first-order chi connectivity index (χ1) is 24.0. The number of sulfonamides is 1. The van der Waals surface area contributed by atoms with Gasteiger partial charge in [-0.1, -0.05) is 43.7 Å². The number of halogens is 1. The van der Waals surface area contributed by atoms with Gasteiger partial charge >= 0.3 is 0 Å². The number of anilines is 1. The number of nitrogens with one attached hydrogen (secondary N) is 1. The van der Waals surface area contributed by atoms with E-state index in [9.17, 15) is 13.2 Å². The van der Waals surface area contributed by atoms with Crippen LogP contribution >= 0.6 is 11.6 Å². The molecular weight excluding hydrogens is 674 g/mol. The minimum atomic E-state index is -3.95. The van der Waals surface area contributed by atoms with Crippen molar-refractivity contribution in [1.82, 2.24) is 9.62 Å². The summed E-state index contributed by atoms with van der Waals surface area (Å²) in [5.74, 6) is 0.530. The second kappa shape index (κ2) is 14.8. The van der Waals surface area contributed by atoms with Gasteiger partial charge in [0.05, 0.1) is 43.5 Å².